The zero-order valence-corrected chi connectivity index (χ0v) is 22.1. The first-order valence-corrected chi connectivity index (χ1v) is 12.2. The van der Waals surface area contributed by atoms with Crippen molar-refractivity contribution in [2.45, 2.75) is 13.5 Å². The molecule has 0 aliphatic heterocycles. The fourth-order valence-electron chi connectivity index (χ4n) is 3.43. The van der Waals surface area contributed by atoms with Crippen molar-refractivity contribution in [2.75, 3.05) is 13.7 Å². The molecule has 1 aromatic heterocycles. The molecule has 1 amide bonds. The van der Waals surface area contributed by atoms with E-state index >= 15 is 0 Å². The molecular weight excluding hydrogens is 593 g/mol. The van der Waals surface area contributed by atoms with E-state index in [4.69, 9.17) is 18.6 Å². The second-order valence-electron chi connectivity index (χ2n) is 7.69. The van der Waals surface area contributed by atoms with Crippen LogP contribution in [0.25, 0.3) is 11.0 Å². The number of fused-ring (bicyclic) bond motifs is 1. The van der Waals surface area contributed by atoms with E-state index in [0.29, 0.717) is 35.0 Å². The van der Waals surface area contributed by atoms with Gasteiger partial charge in [-0.25, -0.2) is 5.43 Å². The van der Waals surface area contributed by atoms with Crippen molar-refractivity contribution in [1.29, 1.82) is 0 Å². The lowest BCUT2D eigenvalue weighted by Gasteiger charge is -2.13. The molecule has 0 atom stereocenters. The molecule has 1 N–H and O–H groups in total. The quantitative estimate of drug-likeness (QED) is 0.105. The summed E-state index contributed by atoms with van der Waals surface area (Å²) in [6.45, 7) is 2.65. The fourth-order valence-corrected chi connectivity index (χ4v) is 4.22. The van der Waals surface area contributed by atoms with Gasteiger partial charge in [0.15, 0.2) is 17.3 Å². The molecular formula is C26H22IN3O7. The Morgan fingerprint density at radius 2 is 1.92 bits per heavy atom. The predicted molar refractivity (Wildman–Crippen MR) is 146 cm³/mol. The highest BCUT2D eigenvalue weighted by atomic mass is 127. The third-order valence-corrected chi connectivity index (χ3v) is 5.99. The van der Waals surface area contributed by atoms with Crippen molar-refractivity contribution in [3.63, 3.8) is 0 Å². The number of rotatable bonds is 10. The standard InChI is InChI=1S/C26H22IN3O7/c1-3-35-20-8-9-22-18(12-20)13-24(37-22)26(31)29-28-14-17-10-21(27)25(23(11-17)34-2)36-15-16-4-6-19(7-5-16)30(32)33/h4-14H,3,15H2,1-2H3,(H,29,31)/b28-14+. The lowest BCUT2D eigenvalue weighted by molar-refractivity contribution is -0.384. The Bertz CT molecular complexity index is 1470. The molecule has 11 heteroatoms. The molecule has 190 valence electrons. The maximum Gasteiger partial charge on any atom is 0.307 e. The first kappa shape index (κ1) is 25.9. The molecule has 37 heavy (non-hydrogen) atoms. The number of nitro groups is 1. The number of nitro benzene ring substituents is 1. The number of halogens is 1. The van der Waals surface area contributed by atoms with Gasteiger partial charge < -0.3 is 18.6 Å². The number of amides is 1. The minimum absolute atomic E-state index is 0.0164. The van der Waals surface area contributed by atoms with Gasteiger partial charge in [0.2, 0.25) is 0 Å². The number of methoxy groups -OCH3 is 1. The Labute approximate surface area is 225 Å². The maximum atomic E-state index is 12.5. The molecule has 0 spiro atoms. The highest BCUT2D eigenvalue weighted by molar-refractivity contribution is 14.1. The Kier molecular flexibility index (Phi) is 8.23. The second-order valence-corrected chi connectivity index (χ2v) is 8.85. The zero-order valence-electron chi connectivity index (χ0n) is 19.9. The lowest BCUT2D eigenvalue weighted by Crippen LogP contribution is -2.16. The average Bonchev–Trinajstić information content (AvgIpc) is 3.32. The molecule has 1 heterocycles. The summed E-state index contributed by atoms with van der Waals surface area (Å²) < 4.78 is 23.2. The van der Waals surface area contributed by atoms with E-state index < -0.39 is 10.8 Å². The highest BCUT2D eigenvalue weighted by Gasteiger charge is 2.14. The van der Waals surface area contributed by atoms with Crippen molar-refractivity contribution >= 4 is 51.4 Å². The Balaban J connectivity index is 1.41. The molecule has 0 unspecified atom stereocenters. The van der Waals surface area contributed by atoms with Crippen LogP contribution in [0.15, 0.2) is 70.2 Å². The van der Waals surface area contributed by atoms with Crippen LogP contribution in [0, 0.1) is 13.7 Å². The van der Waals surface area contributed by atoms with E-state index in [-0.39, 0.29) is 18.1 Å². The van der Waals surface area contributed by atoms with E-state index in [9.17, 15) is 14.9 Å². The Morgan fingerprint density at radius 1 is 1.14 bits per heavy atom. The van der Waals surface area contributed by atoms with Gasteiger partial charge in [-0.3, -0.25) is 14.9 Å². The molecule has 4 aromatic rings. The van der Waals surface area contributed by atoms with Crippen LogP contribution in [0.3, 0.4) is 0 Å². The van der Waals surface area contributed by atoms with Gasteiger partial charge in [-0.2, -0.15) is 5.10 Å². The molecule has 4 rings (SSSR count). The minimum Gasteiger partial charge on any atom is -0.494 e. The lowest BCUT2D eigenvalue weighted by atomic mass is 10.2. The van der Waals surface area contributed by atoms with Crippen molar-refractivity contribution < 1.29 is 28.3 Å². The van der Waals surface area contributed by atoms with Crippen molar-refractivity contribution in [1.82, 2.24) is 5.43 Å². The van der Waals surface area contributed by atoms with Crippen LogP contribution >= 0.6 is 22.6 Å². The monoisotopic (exact) mass is 615 g/mol. The van der Waals surface area contributed by atoms with E-state index in [1.54, 1.807) is 36.4 Å². The number of nitrogens with zero attached hydrogens (tertiary/aromatic N) is 2. The fraction of sp³-hybridized carbons (Fsp3) is 0.154. The van der Waals surface area contributed by atoms with E-state index in [1.165, 1.54) is 25.5 Å². The molecule has 0 aliphatic rings. The topological polar surface area (TPSA) is 125 Å². The number of non-ortho nitro benzene ring substituents is 1. The minimum atomic E-state index is -0.491. The van der Waals surface area contributed by atoms with Gasteiger partial charge in [0.25, 0.3) is 5.69 Å². The molecule has 0 bridgehead atoms. The first-order valence-electron chi connectivity index (χ1n) is 11.1. The smallest absolute Gasteiger partial charge is 0.307 e. The number of benzene rings is 3. The normalized spacial score (nSPS) is 11.0. The van der Waals surface area contributed by atoms with E-state index in [1.807, 2.05) is 19.1 Å². The summed E-state index contributed by atoms with van der Waals surface area (Å²) in [6, 6.07) is 16.6. The average molecular weight is 615 g/mol. The van der Waals surface area contributed by atoms with Crippen LogP contribution in [-0.2, 0) is 6.61 Å². The van der Waals surface area contributed by atoms with Crippen molar-refractivity contribution in [3.8, 4) is 17.2 Å². The van der Waals surface area contributed by atoms with E-state index in [0.717, 1.165) is 14.5 Å². The number of furan rings is 1. The molecule has 0 radical (unpaired) electrons. The summed E-state index contributed by atoms with van der Waals surface area (Å²) in [4.78, 5) is 22.9. The van der Waals surface area contributed by atoms with E-state index in [2.05, 4.69) is 33.1 Å². The second kappa shape index (κ2) is 11.7. The third kappa shape index (κ3) is 6.36. The van der Waals surface area contributed by atoms with Gasteiger partial charge >= 0.3 is 5.91 Å². The molecule has 0 aliphatic carbocycles. The van der Waals surface area contributed by atoms with Crippen LogP contribution in [0.1, 0.15) is 28.6 Å². The van der Waals surface area contributed by atoms with Crippen LogP contribution in [0.5, 0.6) is 17.2 Å². The summed E-state index contributed by atoms with van der Waals surface area (Å²) in [5, 5.41) is 15.6. The summed E-state index contributed by atoms with van der Waals surface area (Å²) in [6.07, 6.45) is 1.48. The predicted octanol–water partition coefficient (Wildman–Crippen LogP) is 5.70. The van der Waals surface area contributed by atoms with Crippen molar-refractivity contribution in [2.24, 2.45) is 5.10 Å². The van der Waals surface area contributed by atoms with Gasteiger partial charge in [-0.1, -0.05) is 0 Å². The van der Waals surface area contributed by atoms with Gasteiger partial charge in [0.1, 0.15) is 17.9 Å². The number of nitrogens with one attached hydrogen (secondary N) is 1. The van der Waals surface area contributed by atoms with Gasteiger partial charge in [-0.15, -0.1) is 0 Å². The van der Waals surface area contributed by atoms with Crippen LogP contribution < -0.4 is 19.6 Å². The van der Waals surface area contributed by atoms with Gasteiger partial charge in [0.05, 0.1) is 28.4 Å². The van der Waals surface area contributed by atoms with Crippen LogP contribution in [0.4, 0.5) is 5.69 Å². The van der Waals surface area contributed by atoms with Crippen molar-refractivity contribution in [3.05, 3.63) is 91.2 Å². The molecule has 0 saturated carbocycles. The molecule has 3 aromatic carbocycles. The molecule has 10 nitrogen and oxygen atoms in total. The Hall–Kier alpha value is -4.13. The number of hydrogen-bond donors (Lipinski definition) is 1. The highest BCUT2D eigenvalue weighted by Crippen LogP contribution is 2.34. The maximum absolute atomic E-state index is 12.5. The van der Waals surface area contributed by atoms with Crippen LogP contribution in [-0.4, -0.2) is 30.8 Å². The third-order valence-electron chi connectivity index (χ3n) is 5.18. The summed E-state index contributed by atoms with van der Waals surface area (Å²) in [5.74, 6) is 1.34. The summed E-state index contributed by atoms with van der Waals surface area (Å²) >= 11 is 2.11. The first-order chi connectivity index (χ1) is 17.9. The number of hydrazone groups is 1. The number of carbonyl (C=O) groups excluding carboxylic acids is 1. The SMILES string of the molecule is CCOc1ccc2oc(C(=O)N/N=C/c3cc(I)c(OCc4ccc([N+](=O)[O-])cc4)c(OC)c3)cc2c1. The zero-order chi connectivity index (χ0) is 26.4. The number of carbonyl (C=O) groups is 1. The van der Waals surface area contributed by atoms with Gasteiger partial charge in [0, 0.05) is 17.5 Å². The Morgan fingerprint density at radius 3 is 2.62 bits per heavy atom. The number of ether oxygens (including phenoxy) is 3. The molecule has 0 fully saturated rings. The molecule has 0 saturated heterocycles. The largest absolute Gasteiger partial charge is 0.494 e. The summed E-state index contributed by atoms with van der Waals surface area (Å²) in [5.41, 5.74) is 4.50. The number of hydrogen-bond acceptors (Lipinski definition) is 8. The van der Waals surface area contributed by atoms with Crippen LogP contribution in [0.2, 0.25) is 0 Å². The van der Waals surface area contributed by atoms with Gasteiger partial charge in [-0.05, 0) is 89.2 Å². The summed E-state index contributed by atoms with van der Waals surface area (Å²) in [7, 11) is 1.52.